The summed E-state index contributed by atoms with van der Waals surface area (Å²) in [6.45, 7) is 18.1. The second kappa shape index (κ2) is 14.7. The fourth-order valence-corrected chi connectivity index (χ4v) is 0.607. The van der Waals surface area contributed by atoms with Crippen LogP contribution in [0.2, 0.25) is 0 Å². The Morgan fingerprint density at radius 1 is 0.786 bits per heavy atom. The lowest BCUT2D eigenvalue weighted by Gasteiger charge is -1.83. The Morgan fingerprint density at radius 2 is 1.14 bits per heavy atom. The first-order valence-electron chi connectivity index (χ1n) is 5.70. The Bertz CT molecular complexity index is 171. The minimum Gasteiger partial charge on any atom is -0.282 e. The molecular formula is C12H28N2. The first-order chi connectivity index (χ1) is 6.72. The Morgan fingerprint density at radius 3 is 1.21 bits per heavy atom. The number of hydrogen-bond donors (Lipinski definition) is 1. The van der Waals surface area contributed by atoms with E-state index in [-0.39, 0.29) is 0 Å². The van der Waals surface area contributed by atoms with E-state index >= 15 is 0 Å². The predicted octanol–water partition coefficient (Wildman–Crippen LogP) is 4.41. The summed E-state index contributed by atoms with van der Waals surface area (Å²) < 4.78 is 0. The Balaban J connectivity index is -0.000000174. The molecule has 0 aliphatic heterocycles. The van der Waals surface area contributed by atoms with Gasteiger partial charge in [0, 0.05) is 5.69 Å². The Labute approximate surface area is 90.1 Å². The molecule has 1 rings (SSSR count). The van der Waals surface area contributed by atoms with Crippen LogP contribution in [-0.2, 0) is 0 Å². The molecule has 2 nitrogen and oxygen atoms in total. The van der Waals surface area contributed by atoms with Crippen LogP contribution in [0.1, 0.15) is 58.5 Å². The maximum Gasteiger partial charge on any atom is 0.0623 e. The summed E-state index contributed by atoms with van der Waals surface area (Å²) in [6.07, 6.45) is 0. The van der Waals surface area contributed by atoms with Crippen LogP contribution in [0.15, 0.2) is 0 Å². The Hall–Kier alpha value is -0.790. The van der Waals surface area contributed by atoms with Crippen molar-refractivity contribution in [3.63, 3.8) is 0 Å². The summed E-state index contributed by atoms with van der Waals surface area (Å²) >= 11 is 0. The highest BCUT2D eigenvalue weighted by Crippen LogP contribution is 2.04. The van der Waals surface area contributed by atoms with E-state index in [9.17, 15) is 0 Å². The second-order valence-electron chi connectivity index (χ2n) is 2.06. The van der Waals surface area contributed by atoms with Gasteiger partial charge in [-0.15, -0.1) is 0 Å². The van der Waals surface area contributed by atoms with Crippen molar-refractivity contribution in [2.75, 3.05) is 0 Å². The third-order valence-electron chi connectivity index (χ3n) is 1.50. The van der Waals surface area contributed by atoms with Gasteiger partial charge in [0.15, 0.2) is 0 Å². The maximum absolute atomic E-state index is 3.99. The van der Waals surface area contributed by atoms with Gasteiger partial charge in [-0.05, 0) is 26.3 Å². The second-order valence-corrected chi connectivity index (χ2v) is 2.06. The summed E-state index contributed by atoms with van der Waals surface area (Å²) in [6, 6.07) is 0. The highest BCUT2D eigenvalue weighted by molar-refractivity contribution is 5.20. The van der Waals surface area contributed by atoms with Crippen LogP contribution in [0.3, 0.4) is 0 Å². The fraction of sp³-hybridized carbons (Fsp3) is 0.750. The molecule has 0 spiro atoms. The third-order valence-corrected chi connectivity index (χ3v) is 1.50. The van der Waals surface area contributed by atoms with Crippen molar-refractivity contribution < 1.29 is 0 Å². The summed E-state index contributed by atoms with van der Waals surface area (Å²) in [5, 5.41) is 6.88. The number of hydrogen-bond acceptors (Lipinski definition) is 1. The van der Waals surface area contributed by atoms with E-state index < -0.39 is 0 Å². The lowest BCUT2D eigenvalue weighted by molar-refractivity contribution is 1.02. The van der Waals surface area contributed by atoms with Crippen LogP contribution >= 0.6 is 0 Å². The average Bonchev–Trinajstić information content (AvgIpc) is 2.58. The minimum absolute atomic E-state index is 1.10. The highest BCUT2D eigenvalue weighted by Gasteiger charge is 1.96. The standard InChI is InChI=1S/C6H10N2.3C2H6/c1-4-5(2)7-8-6(4)3;3*1-2/h1-3H3,(H,7,8);3*1-2H3. The van der Waals surface area contributed by atoms with E-state index in [1.807, 2.05) is 55.4 Å². The van der Waals surface area contributed by atoms with Gasteiger partial charge in [-0.25, -0.2) is 0 Å². The molecule has 0 aliphatic carbocycles. The molecular weight excluding hydrogens is 172 g/mol. The molecule has 0 atom stereocenters. The number of nitrogens with one attached hydrogen (secondary N) is 1. The van der Waals surface area contributed by atoms with Gasteiger partial charge in [-0.2, -0.15) is 5.10 Å². The van der Waals surface area contributed by atoms with Crippen LogP contribution in [0.25, 0.3) is 0 Å². The van der Waals surface area contributed by atoms with Gasteiger partial charge in [0.05, 0.1) is 5.69 Å². The summed E-state index contributed by atoms with van der Waals surface area (Å²) in [5.41, 5.74) is 3.54. The van der Waals surface area contributed by atoms with Crippen molar-refractivity contribution >= 4 is 0 Å². The number of aromatic nitrogens is 2. The van der Waals surface area contributed by atoms with Gasteiger partial charge < -0.3 is 0 Å². The van der Waals surface area contributed by atoms with Gasteiger partial charge in [0.25, 0.3) is 0 Å². The predicted molar refractivity (Wildman–Crippen MR) is 66.8 cm³/mol. The SMILES string of the molecule is CC.CC.CC.Cc1n[nH]c(C)c1C. The maximum atomic E-state index is 3.99. The highest BCUT2D eigenvalue weighted by atomic mass is 15.1. The largest absolute Gasteiger partial charge is 0.282 e. The number of nitrogens with zero attached hydrogens (tertiary/aromatic N) is 1. The molecule has 0 unspecified atom stereocenters. The number of aromatic amines is 1. The van der Waals surface area contributed by atoms with Crippen LogP contribution in [-0.4, -0.2) is 10.2 Å². The van der Waals surface area contributed by atoms with Gasteiger partial charge >= 0.3 is 0 Å². The normalized spacial score (nSPS) is 6.93. The molecule has 0 saturated carbocycles. The number of aryl methyl sites for hydroxylation is 2. The van der Waals surface area contributed by atoms with Crippen LogP contribution in [0, 0.1) is 20.8 Å². The molecule has 86 valence electrons. The van der Waals surface area contributed by atoms with Gasteiger partial charge in [0.2, 0.25) is 0 Å². The average molecular weight is 200 g/mol. The van der Waals surface area contributed by atoms with Crippen molar-refractivity contribution in [2.24, 2.45) is 0 Å². The summed E-state index contributed by atoms with van der Waals surface area (Å²) in [5.74, 6) is 0. The quantitative estimate of drug-likeness (QED) is 0.660. The molecule has 1 N–H and O–H groups in total. The fourth-order valence-electron chi connectivity index (χ4n) is 0.607. The first kappa shape index (κ1) is 18.9. The third kappa shape index (κ3) is 7.84. The monoisotopic (exact) mass is 200 g/mol. The molecule has 0 aliphatic rings. The number of H-pyrrole nitrogens is 1. The van der Waals surface area contributed by atoms with E-state index in [1.54, 1.807) is 0 Å². The smallest absolute Gasteiger partial charge is 0.0623 e. The molecule has 1 heterocycles. The molecule has 0 bridgehead atoms. The molecule has 0 aromatic carbocycles. The molecule has 1 aromatic rings. The zero-order valence-electron chi connectivity index (χ0n) is 11.4. The van der Waals surface area contributed by atoms with Gasteiger partial charge in [0.1, 0.15) is 0 Å². The van der Waals surface area contributed by atoms with Crippen LogP contribution < -0.4 is 0 Å². The van der Waals surface area contributed by atoms with Crippen molar-refractivity contribution in [2.45, 2.75) is 62.3 Å². The molecule has 0 saturated heterocycles. The van der Waals surface area contributed by atoms with Gasteiger partial charge in [-0.3, -0.25) is 5.10 Å². The van der Waals surface area contributed by atoms with Crippen molar-refractivity contribution in [3.05, 3.63) is 17.0 Å². The van der Waals surface area contributed by atoms with E-state index in [0.717, 1.165) is 5.69 Å². The van der Waals surface area contributed by atoms with E-state index in [1.165, 1.54) is 11.3 Å². The van der Waals surface area contributed by atoms with E-state index in [0.29, 0.717) is 0 Å². The molecule has 0 fully saturated rings. The minimum atomic E-state index is 1.10. The van der Waals surface area contributed by atoms with E-state index in [2.05, 4.69) is 17.1 Å². The zero-order chi connectivity index (χ0) is 12.1. The van der Waals surface area contributed by atoms with Gasteiger partial charge in [-0.1, -0.05) is 41.5 Å². The lowest BCUT2D eigenvalue weighted by atomic mass is 10.2. The van der Waals surface area contributed by atoms with Crippen LogP contribution in [0.5, 0.6) is 0 Å². The Kier molecular flexibility index (Phi) is 19.9. The van der Waals surface area contributed by atoms with Crippen molar-refractivity contribution in [3.8, 4) is 0 Å². The molecule has 0 radical (unpaired) electrons. The molecule has 0 amide bonds. The molecule has 1 aromatic heterocycles. The van der Waals surface area contributed by atoms with Crippen molar-refractivity contribution in [1.29, 1.82) is 0 Å². The first-order valence-corrected chi connectivity index (χ1v) is 5.70. The van der Waals surface area contributed by atoms with Crippen LogP contribution in [0.4, 0.5) is 0 Å². The lowest BCUT2D eigenvalue weighted by Crippen LogP contribution is -1.73. The number of rotatable bonds is 0. The van der Waals surface area contributed by atoms with Crippen molar-refractivity contribution in [1.82, 2.24) is 10.2 Å². The zero-order valence-corrected chi connectivity index (χ0v) is 11.4. The summed E-state index contributed by atoms with van der Waals surface area (Å²) in [4.78, 5) is 0. The van der Waals surface area contributed by atoms with E-state index in [4.69, 9.17) is 0 Å². The molecule has 2 heteroatoms. The summed E-state index contributed by atoms with van der Waals surface area (Å²) in [7, 11) is 0. The molecule has 14 heavy (non-hydrogen) atoms. The topological polar surface area (TPSA) is 28.7 Å².